The molecule has 0 saturated heterocycles. The third kappa shape index (κ3) is 4.95. The number of anilines is 1. The fourth-order valence-corrected chi connectivity index (χ4v) is 5.00. The lowest BCUT2D eigenvalue weighted by molar-refractivity contribution is -0.137. The van der Waals surface area contributed by atoms with Gasteiger partial charge in [0.25, 0.3) is 0 Å². The lowest BCUT2D eigenvalue weighted by Crippen LogP contribution is -2.29. The molecule has 0 aliphatic heterocycles. The summed E-state index contributed by atoms with van der Waals surface area (Å²) in [7, 11) is -0.329. The molecular weight excluding hydrogens is 463 g/mol. The number of aromatic nitrogens is 1. The van der Waals surface area contributed by atoms with Crippen molar-refractivity contribution >= 4 is 26.6 Å². The molecule has 5 nitrogen and oxygen atoms in total. The Balaban J connectivity index is 1.69. The highest BCUT2D eigenvalue weighted by atomic mass is 32.2. The zero-order chi connectivity index (χ0) is 24.5. The molecule has 1 aromatic heterocycles. The molecule has 4 rings (SSSR count). The number of sulfonamides is 1. The molecule has 0 bridgehead atoms. The largest absolute Gasteiger partial charge is 0.416 e. The van der Waals surface area contributed by atoms with E-state index in [1.165, 1.54) is 0 Å². The number of nitrogens with zero attached hydrogens (tertiary/aromatic N) is 1. The van der Waals surface area contributed by atoms with Gasteiger partial charge in [-0.3, -0.25) is 0 Å². The summed E-state index contributed by atoms with van der Waals surface area (Å²) in [6.45, 7) is -0.0261. The van der Waals surface area contributed by atoms with Gasteiger partial charge in [0.2, 0.25) is 10.0 Å². The van der Waals surface area contributed by atoms with E-state index < -0.39 is 26.7 Å². The highest BCUT2D eigenvalue weighted by molar-refractivity contribution is 7.89. The maximum atomic E-state index is 13.1. The number of benzene rings is 3. The molecule has 9 heteroatoms. The number of H-pyrrole nitrogens is 1. The average Bonchev–Trinajstić information content (AvgIpc) is 3.23. The molecular formula is C25H24F3N3O2S. The van der Waals surface area contributed by atoms with Crippen LogP contribution in [0.1, 0.15) is 22.6 Å². The van der Waals surface area contributed by atoms with Crippen molar-refractivity contribution in [3.05, 3.63) is 95.7 Å². The Labute approximate surface area is 196 Å². The molecule has 1 heterocycles. The lowest BCUT2D eigenvalue weighted by Gasteiger charge is -2.20. The van der Waals surface area contributed by atoms with Crippen molar-refractivity contribution in [3.8, 4) is 0 Å². The van der Waals surface area contributed by atoms with Crippen LogP contribution in [0, 0.1) is 0 Å². The Morgan fingerprint density at radius 1 is 0.971 bits per heavy atom. The summed E-state index contributed by atoms with van der Waals surface area (Å²) in [4.78, 5) is 4.74. The number of para-hydroxylation sites is 1. The number of hydrogen-bond donors (Lipinski definition) is 2. The number of rotatable bonds is 7. The van der Waals surface area contributed by atoms with Crippen LogP contribution in [-0.2, 0) is 16.2 Å². The fraction of sp³-hybridized carbons (Fsp3) is 0.200. The van der Waals surface area contributed by atoms with E-state index in [1.54, 1.807) is 0 Å². The number of nitrogens with one attached hydrogen (secondary N) is 2. The Kier molecular flexibility index (Phi) is 6.42. The van der Waals surface area contributed by atoms with Crippen molar-refractivity contribution < 1.29 is 21.6 Å². The van der Waals surface area contributed by atoms with Gasteiger partial charge in [-0.1, -0.05) is 36.4 Å². The van der Waals surface area contributed by atoms with Crippen molar-refractivity contribution in [3.63, 3.8) is 0 Å². The van der Waals surface area contributed by atoms with Crippen LogP contribution in [0.5, 0.6) is 0 Å². The van der Waals surface area contributed by atoms with E-state index in [4.69, 9.17) is 0 Å². The van der Waals surface area contributed by atoms with Crippen LogP contribution in [0.25, 0.3) is 10.9 Å². The second-order valence-electron chi connectivity index (χ2n) is 8.21. The maximum absolute atomic E-state index is 13.1. The van der Waals surface area contributed by atoms with Crippen molar-refractivity contribution in [1.29, 1.82) is 0 Å². The zero-order valence-corrected chi connectivity index (χ0v) is 19.4. The molecule has 2 N–H and O–H groups in total. The SMILES string of the molecule is CN(C)c1ccc([C@H](CNS(=O)(=O)c2cccc(C(F)(F)F)c2)c2c[nH]c3ccccc23)cc1. The molecule has 4 aromatic rings. The summed E-state index contributed by atoms with van der Waals surface area (Å²) < 4.78 is 67.7. The Hall–Kier alpha value is -3.30. The smallest absolute Gasteiger partial charge is 0.378 e. The number of halogens is 3. The fourth-order valence-electron chi connectivity index (χ4n) is 3.91. The summed E-state index contributed by atoms with van der Waals surface area (Å²) in [6, 6.07) is 19.2. The molecule has 0 radical (unpaired) electrons. The van der Waals surface area contributed by atoms with E-state index >= 15 is 0 Å². The van der Waals surface area contributed by atoms with E-state index in [1.807, 2.05) is 73.7 Å². The Bertz CT molecular complexity index is 1390. The first-order chi connectivity index (χ1) is 16.1. The normalized spacial score (nSPS) is 13.2. The molecule has 0 aliphatic carbocycles. The highest BCUT2D eigenvalue weighted by Gasteiger charge is 2.32. The summed E-state index contributed by atoms with van der Waals surface area (Å²) in [5.74, 6) is -0.368. The monoisotopic (exact) mass is 487 g/mol. The molecule has 0 unspecified atom stereocenters. The molecule has 178 valence electrons. The molecule has 1 atom stereocenters. The van der Waals surface area contributed by atoms with Crippen molar-refractivity contribution in [2.45, 2.75) is 17.0 Å². The minimum atomic E-state index is -4.63. The van der Waals surface area contributed by atoms with Gasteiger partial charge in [-0.15, -0.1) is 0 Å². The molecule has 0 spiro atoms. The van der Waals surface area contributed by atoms with Gasteiger partial charge in [-0.25, -0.2) is 13.1 Å². The third-order valence-electron chi connectivity index (χ3n) is 5.76. The summed E-state index contributed by atoms with van der Waals surface area (Å²) in [5, 5.41) is 0.947. The predicted octanol–water partition coefficient (Wildman–Crippen LogP) is 5.36. The number of hydrogen-bond acceptors (Lipinski definition) is 3. The van der Waals surface area contributed by atoms with Crippen LogP contribution < -0.4 is 9.62 Å². The molecule has 34 heavy (non-hydrogen) atoms. The standard InChI is InChI=1S/C25H24F3N3O2S/c1-31(2)19-12-10-17(11-13-19)22(23-15-29-24-9-4-3-8-21(23)24)16-30-34(32,33)20-7-5-6-18(14-20)25(26,27)28/h3-15,22,29-30H,16H2,1-2H3/t22-/m0/s1. The van der Waals surface area contributed by atoms with Crippen molar-refractivity contribution in [2.75, 3.05) is 25.5 Å². The predicted molar refractivity (Wildman–Crippen MR) is 128 cm³/mol. The first-order valence-electron chi connectivity index (χ1n) is 10.6. The minimum absolute atomic E-state index is 0.0261. The van der Waals surface area contributed by atoms with Gasteiger partial charge in [0.05, 0.1) is 10.5 Å². The molecule has 0 aliphatic rings. The topological polar surface area (TPSA) is 65.2 Å². The number of fused-ring (bicyclic) bond motifs is 1. The molecule has 3 aromatic carbocycles. The quantitative estimate of drug-likeness (QED) is 0.369. The average molecular weight is 488 g/mol. The van der Waals surface area contributed by atoms with Crippen LogP contribution in [0.3, 0.4) is 0 Å². The van der Waals surface area contributed by atoms with Gasteiger partial charge in [0.15, 0.2) is 0 Å². The Morgan fingerprint density at radius 2 is 1.68 bits per heavy atom. The van der Waals surface area contributed by atoms with Crippen molar-refractivity contribution in [2.24, 2.45) is 0 Å². The zero-order valence-electron chi connectivity index (χ0n) is 18.6. The first-order valence-corrected chi connectivity index (χ1v) is 12.0. The summed E-state index contributed by atoms with van der Waals surface area (Å²) in [6.07, 6.45) is -2.79. The number of aromatic amines is 1. The van der Waals surface area contributed by atoms with E-state index in [-0.39, 0.29) is 12.5 Å². The molecule has 0 saturated carbocycles. The van der Waals surface area contributed by atoms with Crippen LogP contribution in [0.2, 0.25) is 0 Å². The van der Waals surface area contributed by atoms with Crippen LogP contribution in [-0.4, -0.2) is 34.0 Å². The van der Waals surface area contributed by atoms with Gasteiger partial charge in [0, 0.05) is 49.3 Å². The molecule has 0 fully saturated rings. The van der Waals surface area contributed by atoms with Gasteiger partial charge in [0.1, 0.15) is 0 Å². The van der Waals surface area contributed by atoms with E-state index in [9.17, 15) is 21.6 Å². The second-order valence-corrected chi connectivity index (χ2v) is 9.97. The van der Waals surface area contributed by atoms with Gasteiger partial charge >= 0.3 is 6.18 Å². The van der Waals surface area contributed by atoms with Gasteiger partial charge in [-0.2, -0.15) is 13.2 Å². The van der Waals surface area contributed by atoms with Crippen LogP contribution >= 0.6 is 0 Å². The molecule has 0 amide bonds. The van der Waals surface area contributed by atoms with Gasteiger partial charge < -0.3 is 9.88 Å². The lowest BCUT2D eigenvalue weighted by atomic mass is 9.91. The maximum Gasteiger partial charge on any atom is 0.416 e. The summed E-state index contributed by atoms with van der Waals surface area (Å²) >= 11 is 0. The number of alkyl halides is 3. The van der Waals surface area contributed by atoms with E-state index in [2.05, 4.69) is 9.71 Å². The van der Waals surface area contributed by atoms with Crippen molar-refractivity contribution in [1.82, 2.24) is 9.71 Å². The first kappa shape index (κ1) is 23.8. The van der Waals surface area contributed by atoms with Crippen LogP contribution in [0.4, 0.5) is 18.9 Å². The highest BCUT2D eigenvalue weighted by Crippen LogP contribution is 2.33. The summed E-state index contributed by atoms with van der Waals surface area (Å²) in [5.41, 5.74) is 2.66. The Morgan fingerprint density at radius 3 is 2.35 bits per heavy atom. The van der Waals surface area contributed by atoms with E-state index in [0.717, 1.165) is 45.9 Å². The van der Waals surface area contributed by atoms with Crippen LogP contribution in [0.15, 0.2) is 83.9 Å². The second kappa shape index (κ2) is 9.15. The minimum Gasteiger partial charge on any atom is -0.378 e. The van der Waals surface area contributed by atoms with E-state index in [0.29, 0.717) is 6.07 Å². The van der Waals surface area contributed by atoms with Gasteiger partial charge in [-0.05, 0) is 47.5 Å². The third-order valence-corrected chi connectivity index (χ3v) is 7.18.